The van der Waals surface area contributed by atoms with Gasteiger partial charge < -0.3 is 15.8 Å². The van der Waals surface area contributed by atoms with E-state index < -0.39 is 0 Å². The van der Waals surface area contributed by atoms with Crippen LogP contribution in [0.5, 0.6) is 0 Å². The lowest BCUT2D eigenvalue weighted by Crippen LogP contribution is -2.09. The topological polar surface area (TPSA) is 77.2 Å². The molecular weight excluding hydrogens is 286 g/mol. The summed E-state index contributed by atoms with van der Waals surface area (Å²) in [7, 11) is 0. The molecule has 0 atom stereocenters. The Kier molecular flexibility index (Phi) is 3.79. The average molecular weight is 303 g/mol. The van der Waals surface area contributed by atoms with E-state index in [1.54, 1.807) is 25.1 Å². The third-order valence-electron chi connectivity index (χ3n) is 3.34. The highest BCUT2D eigenvalue weighted by Gasteiger charge is 2.26. The molecule has 0 saturated heterocycles. The molecular formula is C15H17N3O2S. The number of para-hydroxylation sites is 1. The number of benzene rings is 1. The van der Waals surface area contributed by atoms with Crippen LogP contribution in [0.3, 0.4) is 0 Å². The van der Waals surface area contributed by atoms with Gasteiger partial charge in [0.1, 0.15) is 0 Å². The molecule has 0 bridgehead atoms. The minimum Gasteiger partial charge on any atom is -0.462 e. The first-order valence-electron chi connectivity index (χ1n) is 6.97. The normalized spacial score (nSPS) is 14.0. The zero-order valence-corrected chi connectivity index (χ0v) is 12.6. The van der Waals surface area contributed by atoms with Gasteiger partial charge in [0.2, 0.25) is 0 Å². The van der Waals surface area contributed by atoms with E-state index in [-0.39, 0.29) is 5.97 Å². The van der Waals surface area contributed by atoms with Crippen molar-refractivity contribution in [2.24, 2.45) is 0 Å². The number of nitrogens with one attached hydrogen (secondary N) is 1. The van der Waals surface area contributed by atoms with Gasteiger partial charge in [0, 0.05) is 11.3 Å². The van der Waals surface area contributed by atoms with Crippen LogP contribution in [0.15, 0.2) is 23.6 Å². The van der Waals surface area contributed by atoms with E-state index in [1.807, 2.05) is 0 Å². The van der Waals surface area contributed by atoms with Gasteiger partial charge in [-0.05, 0) is 31.9 Å². The number of carbonyl (C=O) groups is 1. The second kappa shape index (κ2) is 5.73. The third kappa shape index (κ3) is 3.00. The van der Waals surface area contributed by atoms with Gasteiger partial charge in [-0.3, -0.25) is 0 Å². The minimum atomic E-state index is -0.383. The summed E-state index contributed by atoms with van der Waals surface area (Å²) in [5.41, 5.74) is 8.61. The number of rotatable bonds is 5. The highest BCUT2D eigenvalue weighted by atomic mass is 32.1. The SMILES string of the molecule is CCOC(=O)c1cccc(N)c1Nc1nc(C2CC2)cs1. The first kappa shape index (κ1) is 13.9. The first-order valence-corrected chi connectivity index (χ1v) is 7.85. The molecule has 1 aromatic carbocycles. The Morgan fingerprint density at radius 3 is 3.05 bits per heavy atom. The molecule has 3 N–H and O–H groups in total. The molecule has 0 spiro atoms. The van der Waals surface area contributed by atoms with Crippen molar-refractivity contribution < 1.29 is 9.53 Å². The second-order valence-corrected chi connectivity index (χ2v) is 5.83. The molecule has 1 fully saturated rings. The number of nitrogens with zero attached hydrogens (tertiary/aromatic N) is 1. The van der Waals surface area contributed by atoms with Crippen LogP contribution in [0.4, 0.5) is 16.5 Å². The number of hydrogen-bond acceptors (Lipinski definition) is 6. The van der Waals surface area contributed by atoms with Crippen LogP contribution in [-0.4, -0.2) is 17.6 Å². The molecule has 110 valence electrons. The molecule has 0 radical (unpaired) electrons. The van der Waals surface area contributed by atoms with E-state index in [1.165, 1.54) is 24.2 Å². The number of nitrogen functional groups attached to an aromatic ring is 1. The largest absolute Gasteiger partial charge is 0.462 e. The summed E-state index contributed by atoms with van der Waals surface area (Å²) in [5, 5.41) is 5.97. The summed E-state index contributed by atoms with van der Waals surface area (Å²) < 4.78 is 5.06. The van der Waals surface area contributed by atoms with E-state index in [0.29, 0.717) is 29.5 Å². The molecule has 1 aliphatic carbocycles. The lowest BCUT2D eigenvalue weighted by atomic mass is 10.1. The summed E-state index contributed by atoms with van der Waals surface area (Å²) in [4.78, 5) is 16.6. The van der Waals surface area contributed by atoms with Gasteiger partial charge in [-0.25, -0.2) is 9.78 Å². The Hall–Kier alpha value is -2.08. The maximum Gasteiger partial charge on any atom is 0.340 e. The number of carbonyl (C=O) groups excluding carboxylic acids is 1. The lowest BCUT2D eigenvalue weighted by molar-refractivity contribution is 0.0527. The van der Waals surface area contributed by atoms with E-state index in [0.717, 1.165) is 10.8 Å². The number of hydrogen-bond donors (Lipinski definition) is 2. The summed E-state index contributed by atoms with van der Waals surface area (Å²) in [5.74, 6) is 0.223. The number of ether oxygens (including phenoxy) is 1. The quantitative estimate of drug-likeness (QED) is 0.652. The van der Waals surface area contributed by atoms with Crippen LogP contribution >= 0.6 is 11.3 Å². The summed E-state index contributed by atoms with van der Waals surface area (Å²) in [6, 6.07) is 5.19. The zero-order chi connectivity index (χ0) is 14.8. The Balaban J connectivity index is 1.87. The highest BCUT2D eigenvalue weighted by molar-refractivity contribution is 7.13. The number of aromatic nitrogens is 1. The first-order chi connectivity index (χ1) is 10.2. The zero-order valence-electron chi connectivity index (χ0n) is 11.8. The van der Waals surface area contributed by atoms with Gasteiger partial charge in [-0.1, -0.05) is 6.07 Å². The standard InChI is InChI=1S/C15H17N3O2S/c1-2-20-14(19)10-4-3-5-11(16)13(10)18-15-17-12(8-21-15)9-6-7-9/h3-5,8-9H,2,6-7,16H2,1H3,(H,17,18). The minimum absolute atomic E-state index is 0.330. The Bertz CT molecular complexity index is 665. The molecule has 6 heteroatoms. The monoisotopic (exact) mass is 303 g/mol. The summed E-state index contributed by atoms with van der Waals surface area (Å²) in [6.45, 7) is 2.11. The van der Waals surface area contributed by atoms with Gasteiger partial charge in [0.05, 0.1) is 29.2 Å². The van der Waals surface area contributed by atoms with Gasteiger partial charge in [-0.2, -0.15) is 0 Å². The lowest BCUT2D eigenvalue weighted by Gasteiger charge is -2.11. The maximum absolute atomic E-state index is 12.0. The average Bonchev–Trinajstić information content (AvgIpc) is 3.21. The van der Waals surface area contributed by atoms with Crippen molar-refractivity contribution in [2.45, 2.75) is 25.7 Å². The molecule has 2 aromatic rings. The molecule has 1 aromatic heterocycles. The van der Waals surface area contributed by atoms with Gasteiger partial charge >= 0.3 is 5.97 Å². The van der Waals surface area contributed by atoms with E-state index in [4.69, 9.17) is 10.5 Å². The molecule has 0 amide bonds. The fraction of sp³-hybridized carbons (Fsp3) is 0.333. The van der Waals surface area contributed by atoms with E-state index in [2.05, 4.69) is 15.7 Å². The fourth-order valence-electron chi connectivity index (χ4n) is 2.11. The molecule has 1 heterocycles. The van der Waals surface area contributed by atoms with Crippen molar-refractivity contribution in [1.29, 1.82) is 0 Å². The van der Waals surface area contributed by atoms with Crippen molar-refractivity contribution in [3.63, 3.8) is 0 Å². The predicted octanol–water partition coefficient (Wildman–Crippen LogP) is 3.52. The smallest absolute Gasteiger partial charge is 0.340 e. The molecule has 1 saturated carbocycles. The Labute approximate surface area is 127 Å². The van der Waals surface area contributed by atoms with Crippen molar-refractivity contribution in [2.75, 3.05) is 17.7 Å². The Morgan fingerprint density at radius 2 is 2.33 bits per heavy atom. The molecule has 1 aliphatic rings. The fourth-order valence-corrected chi connectivity index (χ4v) is 2.90. The maximum atomic E-state index is 12.0. The van der Waals surface area contributed by atoms with E-state index >= 15 is 0 Å². The number of esters is 1. The van der Waals surface area contributed by atoms with Crippen LogP contribution in [0.1, 0.15) is 41.7 Å². The number of anilines is 3. The summed E-state index contributed by atoms with van der Waals surface area (Å²) in [6.07, 6.45) is 2.43. The van der Waals surface area contributed by atoms with Gasteiger partial charge in [0.25, 0.3) is 0 Å². The summed E-state index contributed by atoms with van der Waals surface area (Å²) >= 11 is 1.53. The van der Waals surface area contributed by atoms with Gasteiger partial charge in [0.15, 0.2) is 5.13 Å². The van der Waals surface area contributed by atoms with Crippen LogP contribution < -0.4 is 11.1 Å². The molecule has 0 aliphatic heterocycles. The van der Waals surface area contributed by atoms with Crippen LogP contribution in [-0.2, 0) is 4.74 Å². The second-order valence-electron chi connectivity index (χ2n) is 4.97. The van der Waals surface area contributed by atoms with Crippen molar-refractivity contribution in [1.82, 2.24) is 4.98 Å². The van der Waals surface area contributed by atoms with Crippen molar-refractivity contribution >= 4 is 33.8 Å². The molecule has 21 heavy (non-hydrogen) atoms. The Morgan fingerprint density at radius 1 is 1.52 bits per heavy atom. The number of nitrogens with two attached hydrogens (primary N) is 1. The van der Waals surface area contributed by atoms with Crippen molar-refractivity contribution in [3.05, 3.63) is 34.8 Å². The molecule has 3 rings (SSSR count). The highest BCUT2D eigenvalue weighted by Crippen LogP contribution is 2.41. The molecule has 0 unspecified atom stereocenters. The molecule has 5 nitrogen and oxygen atoms in total. The van der Waals surface area contributed by atoms with Crippen LogP contribution in [0, 0.1) is 0 Å². The third-order valence-corrected chi connectivity index (χ3v) is 4.12. The predicted molar refractivity (Wildman–Crippen MR) is 84.2 cm³/mol. The van der Waals surface area contributed by atoms with Crippen LogP contribution in [0.25, 0.3) is 0 Å². The van der Waals surface area contributed by atoms with Gasteiger partial charge in [-0.15, -0.1) is 11.3 Å². The van der Waals surface area contributed by atoms with Crippen molar-refractivity contribution in [3.8, 4) is 0 Å². The van der Waals surface area contributed by atoms with E-state index in [9.17, 15) is 4.79 Å². The number of thiazole rings is 1. The van der Waals surface area contributed by atoms with Crippen LogP contribution in [0.2, 0.25) is 0 Å².